The van der Waals surface area contributed by atoms with Crippen molar-refractivity contribution in [3.63, 3.8) is 0 Å². The zero-order valence-corrected chi connectivity index (χ0v) is 15.4. The van der Waals surface area contributed by atoms with Crippen molar-refractivity contribution in [1.29, 1.82) is 0 Å². The summed E-state index contributed by atoms with van der Waals surface area (Å²) >= 11 is 0. The van der Waals surface area contributed by atoms with Crippen molar-refractivity contribution < 1.29 is 14.3 Å². The number of rotatable bonds is 3. The molecule has 1 aliphatic carbocycles. The number of hydrogen-bond acceptors (Lipinski definition) is 3. The standard InChI is InChI=1S/C16H32O3Si/c1-11(2)16-10-9-15(6,17)12(13(16)18-16)19-20(7,8)14(3,4)5/h11-13,17H,9-10H2,1-8H3/t12-,13+,15+,16+/m0/s1. The molecule has 1 heterocycles. The molecule has 2 rings (SSSR count). The SMILES string of the molecule is CC(C)[C@]12CC[C@@](C)(O)[C@@H](O[Si](C)(C)C(C)(C)C)[C@H]1O2. The van der Waals surface area contributed by atoms with Gasteiger partial charge in [0.05, 0.1) is 11.2 Å². The Kier molecular flexibility index (Phi) is 3.74. The van der Waals surface area contributed by atoms with Gasteiger partial charge in [0.1, 0.15) is 12.2 Å². The van der Waals surface area contributed by atoms with Crippen molar-refractivity contribution in [2.45, 2.75) is 95.9 Å². The van der Waals surface area contributed by atoms with Crippen molar-refractivity contribution in [3.8, 4) is 0 Å². The largest absolute Gasteiger partial charge is 0.408 e. The zero-order chi connectivity index (χ0) is 15.6. The van der Waals surface area contributed by atoms with Gasteiger partial charge >= 0.3 is 0 Å². The van der Waals surface area contributed by atoms with E-state index in [1.807, 2.05) is 6.92 Å². The van der Waals surface area contributed by atoms with E-state index in [0.29, 0.717) is 5.92 Å². The molecule has 2 fully saturated rings. The fourth-order valence-electron chi connectivity index (χ4n) is 3.07. The molecule has 1 saturated heterocycles. The molecule has 0 unspecified atom stereocenters. The van der Waals surface area contributed by atoms with E-state index in [2.05, 4.69) is 47.7 Å². The summed E-state index contributed by atoms with van der Waals surface area (Å²) in [7, 11) is -1.90. The van der Waals surface area contributed by atoms with Gasteiger partial charge in [0.25, 0.3) is 0 Å². The first-order valence-corrected chi connectivity index (χ1v) is 10.8. The summed E-state index contributed by atoms with van der Waals surface area (Å²) in [4.78, 5) is 0. The molecule has 1 aliphatic heterocycles. The Morgan fingerprint density at radius 2 is 1.80 bits per heavy atom. The molecule has 0 spiro atoms. The number of ether oxygens (including phenoxy) is 1. The molecule has 4 atom stereocenters. The van der Waals surface area contributed by atoms with Crippen molar-refractivity contribution in [1.82, 2.24) is 0 Å². The Labute approximate surface area is 125 Å². The van der Waals surface area contributed by atoms with Crippen LogP contribution in [0.2, 0.25) is 18.1 Å². The molecule has 2 aliphatic rings. The van der Waals surface area contributed by atoms with Crippen LogP contribution in [0.25, 0.3) is 0 Å². The minimum atomic E-state index is -1.90. The van der Waals surface area contributed by atoms with Gasteiger partial charge in [-0.05, 0) is 43.8 Å². The molecule has 118 valence electrons. The average molecular weight is 301 g/mol. The quantitative estimate of drug-likeness (QED) is 0.638. The van der Waals surface area contributed by atoms with Gasteiger partial charge in [-0.1, -0.05) is 34.6 Å². The molecule has 0 amide bonds. The summed E-state index contributed by atoms with van der Waals surface area (Å²) in [5.74, 6) is 0.481. The van der Waals surface area contributed by atoms with Gasteiger partial charge < -0.3 is 14.3 Å². The normalized spacial score (nSPS) is 41.7. The van der Waals surface area contributed by atoms with E-state index in [1.165, 1.54) is 0 Å². The van der Waals surface area contributed by atoms with Crippen molar-refractivity contribution in [2.75, 3.05) is 0 Å². The van der Waals surface area contributed by atoms with Crippen LogP contribution in [0, 0.1) is 5.92 Å². The van der Waals surface area contributed by atoms with Gasteiger partial charge in [-0.25, -0.2) is 0 Å². The predicted molar refractivity (Wildman–Crippen MR) is 84.4 cm³/mol. The second-order valence-corrected chi connectivity index (χ2v) is 13.6. The molecule has 0 bridgehead atoms. The van der Waals surface area contributed by atoms with Crippen LogP contribution in [0.1, 0.15) is 54.4 Å². The molecule has 20 heavy (non-hydrogen) atoms. The van der Waals surface area contributed by atoms with E-state index in [0.717, 1.165) is 12.8 Å². The Balaban J connectivity index is 2.21. The molecule has 1 N–H and O–H groups in total. The predicted octanol–water partition coefficient (Wildman–Crippen LogP) is 3.72. The lowest BCUT2D eigenvalue weighted by molar-refractivity contribution is -0.0804. The highest BCUT2D eigenvalue weighted by Crippen LogP contribution is 2.57. The maximum atomic E-state index is 10.8. The smallest absolute Gasteiger partial charge is 0.192 e. The third kappa shape index (κ3) is 2.49. The van der Waals surface area contributed by atoms with Crippen LogP contribution < -0.4 is 0 Å². The monoisotopic (exact) mass is 300 g/mol. The second-order valence-electron chi connectivity index (χ2n) is 8.80. The summed E-state index contributed by atoms with van der Waals surface area (Å²) in [6.07, 6.45) is 1.60. The third-order valence-electron chi connectivity index (χ3n) is 5.89. The summed E-state index contributed by atoms with van der Waals surface area (Å²) in [5, 5.41) is 10.9. The summed E-state index contributed by atoms with van der Waals surface area (Å²) in [6.45, 7) is 17.5. The number of fused-ring (bicyclic) bond motifs is 1. The molecule has 0 aromatic rings. The highest BCUT2D eigenvalue weighted by Gasteiger charge is 2.69. The molecule has 1 saturated carbocycles. The van der Waals surface area contributed by atoms with Crippen molar-refractivity contribution in [2.24, 2.45) is 5.92 Å². The first-order chi connectivity index (χ1) is 8.83. The summed E-state index contributed by atoms with van der Waals surface area (Å²) in [6, 6.07) is 0. The van der Waals surface area contributed by atoms with Crippen LogP contribution in [0.4, 0.5) is 0 Å². The van der Waals surface area contributed by atoms with Gasteiger partial charge in [0, 0.05) is 0 Å². The van der Waals surface area contributed by atoms with Crippen LogP contribution >= 0.6 is 0 Å². The van der Waals surface area contributed by atoms with Crippen LogP contribution in [0.5, 0.6) is 0 Å². The van der Waals surface area contributed by atoms with E-state index in [9.17, 15) is 5.11 Å². The van der Waals surface area contributed by atoms with Crippen molar-refractivity contribution >= 4 is 8.32 Å². The molecular weight excluding hydrogens is 268 g/mol. The Hall–Kier alpha value is 0.0969. The minimum absolute atomic E-state index is 0.0464. The van der Waals surface area contributed by atoms with Gasteiger partial charge in [-0.3, -0.25) is 0 Å². The number of hydrogen-bond donors (Lipinski definition) is 1. The van der Waals surface area contributed by atoms with Gasteiger partial charge in [-0.2, -0.15) is 0 Å². The van der Waals surface area contributed by atoms with Crippen LogP contribution in [0.15, 0.2) is 0 Å². The lowest BCUT2D eigenvalue weighted by Gasteiger charge is -2.45. The first kappa shape index (κ1) is 16.5. The van der Waals surface area contributed by atoms with Gasteiger partial charge in [0.2, 0.25) is 0 Å². The number of aliphatic hydroxyl groups is 1. The van der Waals surface area contributed by atoms with E-state index in [4.69, 9.17) is 9.16 Å². The lowest BCUT2D eigenvalue weighted by Crippen LogP contribution is -2.57. The number of epoxide rings is 1. The fourth-order valence-corrected chi connectivity index (χ4v) is 4.44. The molecule has 0 radical (unpaired) electrons. The zero-order valence-electron chi connectivity index (χ0n) is 14.4. The Morgan fingerprint density at radius 1 is 1.25 bits per heavy atom. The summed E-state index contributed by atoms with van der Waals surface area (Å²) < 4.78 is 12.6. The van der Waals surface area contributed by atoms with E-state index < -0.39 is 13.9 Å². The first-order valence-electron chi connectivity index (χ1n) is 7.91. The molecule has 4 heteroatoms. The molecular formula is C16H32O3Si. The molecule has 0 aromatic carbocycles. The van der Waals surface area contributed by atoms with Gasteiger partial charge in [-0.15, -0.1) is 0 Å². The highest BCUT2D eigenvalue weighted by atomic mass is 28.4. The minimum Gasteiger partial charge on any atom is -0.408 e. The van der Waals surface area contributed by atoms with E-state index >= 15 is 0 Å². The summed E-state index contributed by atoms with van der Waals surface area (Å²) in [5.41, 5.74) is -0.815. The van der Waals surface area contributed by atoms with E-state index in [-0.39, 0.29) is 22.8 Å². The van der Waals surface area contributed by atoms with E-state index in [1.54, 1.807) is 0 Å². The third-order valence-corrected chi connectivity index (χ3v) is 10.3. The second kappa shape index (κ2) is 4.54. The Bertz CT molecular complexity index is 384. The van der Waals surface area contributed by atoms with Gasteiger partial charge in [0.15, 0.2) is 8.32 Å². The molecule has 0 aromatic heterocycles. The maximum absolute atomic E-state index is 10.8. The highest BCUT2D eigenvalue weighted by molar-refractivity contribution is 6.74. The van der Waals surface area contributed by atoms with Crippen LogP contribution in [-0.4, -0.2) is 36.8 Å². The lowest BCUT2D eigenvalue weighted by atomic mass is 9.73. The van der Waals surface area contributed by atoms with Crippen LogP contribution in [-0.2, 0) is 9.16 Å². The molecule has 3 nitrogen and oxygen atoms in total. The topological polar surface area (TPSA) is 42.0 Å². The van der Waals surface area contributed by atoms with Crippen LogP contribution in [0.3, 0.4) is 0 Å². The maximum Gasteiger partial charge on any atom is 0.192 e. The van der Waals surface area contributed by atoms with Crippen molar-refractivity contribution in [3.05, 3.63) is 0 Å². The average Bonchev–Trinajstić information content (AvgIpc) is 2.97. The Morgan fingerprint density at radius 3 is 2.25 bits per heavy atom. The fraction of sp³-hybridized carbons (Fsp3) is 1.00.